The van der Waals surface area contributed by atoms with Crippen LogP contribution in [-0.4, -0.2) is 47.1 Å². The lowest BCUT2D eigenvalue weighted by Crippen LogP contribution is -2.40. The van der Waals surface area contributed by atoms with Crippen LogP contribution in [-0.2, 0) is 0 Å². The molecule has 0 amide bonds. The average Bonchev–Trinajstić information content (AvgIpc) is 2.23. The molecule has 0 bridgehead atoms. The van der Waals surface area contributed by atoms with Crippen molar-refractivity contribution in [3.05, 3.63) is 0 Å². The highest BCUT2D eigenvalue weighted by Crippen LogP contribution is 2.19. The summed E-state index contributed by atoms with van der Waals surface area (Å²) < 4.78 is 0. The van der Waals surface area contributed by atoms with E-state index in [2.05, 4.69) is 10.5 Å². The van der Waals surface area contributed by atoms with Crippen molar-refractivity contribution in [2.75, 3.05) is 19.8 Å². The Labute approximate surface area is 89.8 Å². The largest absolute Gasteiger partial charge is 0.409 e. The Morgan fingerprint density at radius 3 is 2.33 bits per heavy atom. The number of nitrogens with two attached hydrogens (primary N) is 1. The molecule has 6 nitrogen and oxygen atoms in total. The first-order chi connectivity index (χ1) is 6.97. The summed E-state index contributed by atoms with van der Waals surface area (Å²) in [7, 11) is 0. The molecule has 0 radical (unpaired) electrons. The molecule has 0 aliphatic carbocycles. The summed E-state index contributed by atoms with van der Waals surface area (Å²) in [6.07, 6.45) is 0.652. The first-order valence-electron chi connectivity index (χ1n) is 4.91. The predicted molar refractivity (Wildman–Crippen MR) is 57.8 cm³/mol. The molecule has 15 heavy (non-hydrogen) atoms. The summed E-state index contributed by atoms with van der Waals surface area (Å²) in [4.78, 5) is 0. The van der Waals surface area contributed by atoms with E-state index in [0.29, 0.717) is 13.0 Å². The fourth-order valence-corrected chi connectivity index (χ4v) is 1.04. The molecular weight excluding hydrogens is 198 g/mol. The highest BCUT2D eigenvalue weighted by atomic mass is 16.4. The second kappa shape index (κ2) is 6.60. The lowest BCUT2D eigenvalue weighted by atomic mass is 9.88. The van der Waals surface area contributed by atoms with Crippen LogP contribution in [0.15, 0.2) is 5.16 Å². The molecule has 0 aromatic heterocycles. The molecule has 6 heteroatoms. The van der Waals surface area contributed by atoms with Crippen LogP contribution in [0, 0.1) is 5.41 Å². The van der Waals surface area contributed by atoms with Crippen molar-refractivity contribution in [2.45, 2.75) is 26.3 Å². The van der Waals surface area contributed by atoms with Crippen LogP contribution in [0.4, 0.5) is 0 Å². The highest BCUT2D eigenvalue weighted by molar-refractivity contribution is 5.85. The number of nitrogens with one attached hydrogen (secondary N) is 1. The van der Waals surface area contributed by atoms with Crippen LogP contribution in [0.25, 0.3) is 0 Å². The van der Waals surface area contributed by atoms with E-state index in [9.17, 15) is 0 Å². The van der Waals surface area contributed by atoms with E-state index >= 15 is 0 Å². The summed E-state index contributed by atoms with van der Waals surface area (Å²) in [5, 5.41) is 32.1. The van der Waals surface area contributed by atoms with Gasteiger partial charge in [-0.3, -0.25) is 0 Å². The number of aliphatic hydroxyl groups excluding tert-OH is 2. The fraction of sp³-hybridized carbons (Fsp3) is 0.889. The Morgan fingerprint density at radius 2 is 1.93 bits per heavy atom. The van der Waals surface area contributed by atoms with Gasteiger partial charge in [-0.05, 0) is 13.0 Å². The fourth-order valence-electron chi connectivity index (χ4n) is 1.04. The molecule has 0 fully saturated rings. The summed E-state index contributed by atoms with van der Waals surface area (Å²) in [6, 6.07) is -0.312. The van der Waals surface area contributed by atoms with Crippen molar-refractivity contribution < 1.29 is 15.4 Å². The van der Waals surface area contributed by atoms with Crippen LogP contribution in [0.3, 0.4) is 0 Å². The predicted octanol–water partition coefficient (Wildman–Crippen LogP) is -0.908. The Balaban J connectivity index is 3.94. The second-order valence-electron chi connectivity index (χ2n) is 4.14. The molecule has 0 saturated heterocycles. The Morgan fingerprint density at radius 1 is 1.40 bits per heavy atom. The van der Waals surface area contributed by atoms with Crippen molar-refractivity contribution >= 4 is 5.84 Å². The van der Waals surface area contributed by atoms with Gasteiger partial charge in [0.2, 0.25) is 0 Å². The average molecular weight is 219 g/mol. The Hall–Kier alpha value is -0.850. The molecule has 90 valence electrons. The van der Waals surface area contributed by atoms with Gasteiger partial charge in [0.25, 0.3) is 0 Å². The third kappa shape index (κ3) is 4.96. The van der Waals surface area contributed by atoms with E-state index in [1.54, 1.807) is 0 Å². The molecule has 0 aliphatic heterocycles. The normalized spacial score (nSPS) is 13.5. The summed E-state index contributed by atoms with van der Waals surface area (Å²) >= 11 is 0. The van der Waals surface area contributed by atoms with Crippen LogP contribution < -0.4 is 11.1 Å². The zero-order valence-corrected chi connectivity index (χ0v) is 9.27. The van der Waals surface area contributed by atoms with E-state index in [1.807, 2.05) is 13.8 Å². The van der Waals surface area contributed by atoms with Gasteiger partial charge in [-0.25, -0.2) is 0 Å². The van der Waals surface area contributed by atoms with Gasteiger partial charge < -0.3 is 26.5 Å². The highest BCUT2D eigenvalue weighted by Gasteiger charge is 2.23. The standard InChI is InChI=1S/C9H21N3O3/c1-9(2,8(10)12-15)3-4-11-7(5-13)6-14/h7,11,13-15H,3-6H2,1-2H3,(H2,10,12). The number of aliphatic hydroxyl groups is 2. The number of oxime groups is 1. The Kier molecular flexibility index (Phi) is 6.23. The molecule has 0 spiro atoms. The van der Waals surface area contributed by atoms with Gasteiger partial charge in [0.15, 0.2) is 0 Å². The van der Waals surface area contributed by atoms with Crippen molar-refractivity contribution in [2.24, 2.45) is 16.3 Å². The van der Waals surface area contributed by atoms with Crippen LogP contribution in [0.1, 0.15) is 20.3 Å². The number of amidine groups is 1. The maximum atomic E-state index is 8.80. The summed E-state index contributed by atoms with van der Waals surface area (Å²) in [6.45, 7) is 4.07. The molecule has 0 aromatic rings. The summed E-state index contributed by atoms with van der Waals surface area (Å²) in [5.41, 5.74) is 5.10. The number of nitrogens with zero attached hydrogens (tertiary/aromatic N) is 1. The molecule has 0 heterocycles. The van der Waals surface area contributed by atoms with E-state index < -0.39 is 5.41 Å². The topological polar surface area (TPSA) is 111 Å². The SMILES string of the molecule is CC(C)(CCNC(CO)CO)C(N)=NO. The third-order valence-corrected chi connectivity index (χ3v) is 2.42. The van der Waals surface area contributed by atoms with E-state index in [0.717, 1.165) is 0 Å². The monoisotopic (exact) mass is 219 g/mol. The minimum atomic E-state index is -0.406. The van der Waals surface area contributed by atoms with E-state index in [1.165, 1.54) is 0 Å². The van der Waals surface area contributed by atoms with Crippen molar-refractivity contribution in [3.8, 4) is 0 Å². The van der Waals surface area contributed by atoms with Crippen LogP contribution >= 0.6 is 0 Å². The maximum Gasteiger partial charge on any atom is 0.144 e. The summed E-state index contributed by atoms with van der Waals surface area (Å²) in [5.74, 6) is 0.175. The van der Waals surface area contributed by atoms with Crippen molar-refractivity contribution in [1.29, 1.82) is 0 Å². The van der Waals surface area contributed by atoms with Crippen LogP contribution in [0.5, 0.6) is 0 Å². The first kappa shape index (κ1) is 14.2. The lowest BCUT2D eigenvalue weighted by Gasteiger charge is -2.24. The van der Waals surface area contributed by atoms with Gasteiger partial charge in [0, 0.05) is 5.41 Å². The molecule has 0 aromatic carbocycles. The number of hydrogen-bond donors (Lipinski definition) is 5. The molecule has 0 atom stereocenters. The minimum Gasteiger partial charge on any atom is -0.409 e. The molecule has 6 N–H and O–H groups in total. The molecule has 0 aliphatic rings. The first-order valence-corrected chi connectivity index (χ1v) is 4.91. The molecular formula is C9H21N3O3. The second-order valence-corrected chi connectivity index (χ2v) is 4.14. The van der Waals surface area contributed by atoms with Gasteiger partial charge >= 0.3 is 0 Å². The minimum absolute atomic E-state index is 0.111. The molecule has 0 unspecified atom stereocenters. The zero-order valence-electron chi connectivity index (χ0n) is 9.27. The maximum absolute atomic E-state index is 8.80. The smallest absolute Gasteiger partial charge is 0.144 e. The molecule has 0 rings (SSSR count). The van der Waals surface area contributed by atoms with Gasteiger partial charge in [-0.2, -0.15) is 0 Å². The Bertz CT molecular complexity index is 203. The quantitative estimate of drug-likeness (QED) is 0.165. The van der Waals surface area contributed by atoms with Gasteiger partial charge in [0.1, 0.15) is 5.84 Å². The lowest BCUT2D eigenvalue weighted by molar-refractivity contribution is 0.169. The van der Waals surface area contributed by atoms with Gasteiger partial charge in [-0.15, -0.1) is 0 Å². The number of rotatable bonds is 7. The zero-order chi connectivity index (χ0) is 11.9. The number of hydrogen-bond acceptors (Lipinski definition) is 5. The third-order valence-electron chi connectivity index (χ3n) is 2.42. The van der Waals surface area contributed by atoms with E-state index in [-0.39, 0.29) is 25.1 Å². The van der Waals surface area contributed by atoms with Crippen molar-refractivity contribution in [3.63, 3.8) is 0 Å². The van der Waals surface area contributed by atoms with Crippen molar-refractivity contribution in [1.82, 2.24) is 5.32 Å². The van der Waals surface area contributed by atoms with Gasteiger partial charge in [0.05, 0.1) is 19.3 Å². The van der Waals surface area contributed by atoms with Gasteiger partial charge in [-0.1, -0.05) is 19.0 Å². The van der Waals surface area contributed by atoms with E-state index in [4.69, 9.17) is 21.2 Å². The molecule has 0 saturated carbocycles. The van der Waals surface area contributed by atoms with Crippen LogP contribution in [0.2, 0.25) is 0 Å².